The summed E-state index contributed by atoms with van der Waals surface area (Å²) >= 11 is 0. The molecule has 0 saturated carbocycles. The van der Waals surface area contributed by atoms with Crippen LogP contribution in [0.25, 0.3) is 5.69 Å². The van der Waals surface area contributed by atoms with Crippen LogP contribution in [0.1, 0.15) is 37.1 Å². The topological polar surface area (TPSA) is 56.7 Å². The molecule has 0 spiro atoms. The van der Waals surface area contributed by atoms with Gasteiger partial charge in [-0.2, -0.15) is 0 Å². The van der Waals surface area contributed by atoms with Crippen LogP contribution in [-0.4, -0.2) is 15.0 Å². The number of hydrogen-bond acceptors (Lipinski definition) is 3. The van der Waals surface area contributed by atoms with Crippen LogP contribution < -0.4 is 5.73 Å². The molecule has 1 aromatic carbocycles. The van der Waals surface area contributed by atoms with Gasteiger partial charge in [0.25, 0.3) is 0 Å². The van der Waals surface area contributed by atoms with Crippen molar-refractivity contribution >= 4 is 0 Å². The van der Waals surface area contributed by atoms with Gasteiger partial charge in [-0.05, 0) is 25.0 Å². The Morgan fingerprint density at radius 1 is 1.35 bits per heavy atom. The maximum Gasteiger partial charge on any atom is 0.0998 e. The molecule has 2 rings (SSSR count). The summed E-state index contributed by atoms with van der Waals surface area (Å²) in [7, 11) is 0. The number of aromatic nitrogens is 3. The van der Waals surface area contributed by atoms with Gasteiger partial charge >= 0.3 is 0 Å². The Kier molecular flexibility index (Phi) is 3.54. The average molecular weight is 230 g/mol. The molecule has 1 atom stereocenters. The highest BCUT2D eigenvalue weighted by Gasteiger charge is 2.10. The molecule has 17 heavy (non-hydrogen) atoms. The zero-order valence-electron chi connectivity index (χ0n) is 10.3. The lowest BCUT2D eigenvalue weighted by Crippen LogP contribution is -2.10. The summed E-state index contributed by atoms with van der Waals surface area (Å²) < 4.78 is 1.79. The van der Waals surface area contributed by atoms with E-state index in [-0.39, 0.29) is 6.04 Å². The SMILES string of the molecule is CCCC(N)c1cn(-c2ccccc2C)nn1. The van der Waals surface area contributed by atoms with Gasteiger partial charge in [-0.25, -0.2) is 4.68 Å². The van der Waals surface area contributed by atoms with Crippen molar-refractivity contribution in [1.82, 2.24) is 15.0 Å². The van der Waals surface area contributed by atoms with E-state index >= 15 is 0 Å². The van der Waals surface area contributed by atoms with Gasteiger partial charge in [0, 0.05) is 0 Å². The first kappa shape index (κ1) is 11.8. The summed E-state index contributed by atoms with van der Waals surface area (Å²) in [5.41, 5.74) is 9.10. The predicted molar refractivity (Wildman–Crippen MR) is 67.9 cm³/mol. The van der Waals surface area contributed by atoms with Gasteiger partial charge in [0.1, 0.15) is 0 Å². The van der Waals surface area contributed by atoms with Gasteiger partial charge in [0.2, 0.25) is 0 Å². The van der Waals surface area contributed by atoms with E-state index in [2.05, 4.69) is 30.2 Å². The number of benzene rings is 1. The fraction of sp³-hybridized carbons (Fsp3) is 0.385. The lowest BCUT2D eigenvalue weighted by molar-refractivity contribution is 0.619. The molecule has 4 heteroatoms. The molecule has 0 fully saturated rings. The first-order chi connectivity index (χ1) is 8.22. The van der Waals surface area contributed by atoms with Crippen molar-refractivity contribution < 1.29 is 0 Å². The molecule has 0 aliphatic rings. The molecule has 90 valence electrons. The highest BCUT2D eigenvalue weighted by molar-refractivity contribution is 5.39. The summed E-state index contributed by atoms with van der Waals surface area (Å²) in [6.45, 7) is 4.17. The second kappa shape index (κ2) is 5.10. The van der Waals surface area contributed by atoms with Crippen molar-refractivity contribution in [3.63, 3.8) is 0 Å². The van der Waals surface area contributed by atoms with Gasteiger partial charge in [0.15, 0.2) is 0 Å². The molecule has 2 aromatic rings. The second-order valence-corrected chi connectivity index (χ2v) is 4.27. The number of hydrogen-bond donors (Lipinski definition) is 1. The van der Waals surface area contributed by atoms with Gasteiger partial charge in [-0.15, -0.1) is 5.10 Å². The third-order valence-corrected chi connectivity index (χ3v) is 2.85. The summed E-state index contributed by atoms with van der Waals surface area (Å²) in [5.74, 6) is 0. The highest BCUT2D eigenvalue weighted by atomic mass is 15.4. The fourth-order valence-corrected chi connectivity index (χ4v) is 1.84. The molecule has 1 heterocycles. The molecule has 0 aliphatic heterocycles. The van der Waals surface area contributed by atoms with Crippen LogP contribution in [-0.2, 0) is 0 Å². The largest absolute Gasteiger partial charge is 0.323 e. The molecule has 1 unspecified atom stereocenters. The van der Waals surface area contributed by atoms with Crippen molar-refractivity contribution in [3.8, 4) is 5.69 Å². The molecule has 0 saturated heterocycles. The van der Waals surface area contributed by atoms with Crippen LogP contribution in [0.4, 0.5) is 0 Å². The molecular weight excluding hydrogens is 212 g/mol. The van der Waals surface area contributed by atoms with Crippen molar-refractivity contribution in [1.29, 1.82) is 0 Å². The van der Waals surface area contributed by atoms with Crippen LogP contribution in [0.3, 0.4) is 0 Å². The summed E-state index contributed by atoms with van der Waals surface area (Å²) in [5, 5.41) is 8.28. The van der Waals surface area contributed by atoms with Crippen molar-refractivity contribution in [2.45, 2.75) is 32.7 Å². The minimum absolute atomic E-state index is 0.0160. The number of rotatable bonds is 4. The molecule has 2 N–H and O–H groups in total. The Morgan fingerprint density at radius 3 is 2.82 bits per heavy atom. The van der Waals surface area contributed by atoms with E-state index in [0.717, 1.165) is 24.2 Å². The van der Waals surface area contributed by atoms with E-state index in [0.29, 0.717) is 0 Å². The summed E-state index contributed by atoms with van der Waals surface area (Å²) in [6, 6.07) is 8.08. The predicted octanol–water partition coefficient (Wildman–Crippen LogP) is 2.38. The number of aryl methyl sites for hydroxylation is 1. The molecule has 1 aromatic heterocycles. The monoisotopic (exact) mass is 230 g/mol. The van der Waals surface area contributed by atoms with E-state index < -0.39 is 0 Å². The Balaban J connectivity index is 2.27. The van der Waals surface area contributed by atoms with Crippen LogP contribution in [0, 0.1) is 6.92 Å². The second-order valence-electron chi connectivity index (χ2n) is 4.27. The maximum absolute atomic E-state index is 6.02. The van der Waals surface area contributed by atoms with E-state index in [1.807, 2.05) is 24.4 Å². The minimum Gasteiger partial charge on any atom is -0.323 e. The normalized spacial score (nSPS) is 12.6. The highest BCUT2D eigenvalue weighted by Crippen LogP contribution is 2.16. The van der Waals surface area contributed by atoms with E-state index in [9.17, 15) is 0 Å². The number of para-hydroxylation sites is 1. The quantitative estimate of drug-likeness (QED) is 0.877. The third kappa shape index (κ3) is 2.53. The number of nitrogens with two attached hydrogens (primary N) is 1. The van der Waals surface area contributed by atoms with Gasteiger partial charge in [-0.1, -0.05) is 36.8 Å². The van der Waals surface area contributed by atoms with E-state index in [4.69, 9.17) is 5.73 Å². The zero-order valence-corrected chi connectivity index (χ0v) is 10.3. The standard InChI is InChI=1S/C13H18N4/c1-3-6-11(14)12-9-17(16-15-12)13-8-5-4-7-10(13)2/h4-5,7-9,11H,3,6,14H2,1-2H3. The molecule has 0 bridgehead atoms. The minimum atomic E-state index is -0.0160. The molecular formula is C13H18N4. The van der Waals surface area contributed by atoms with Crippen LogP contribution >= 0.6 is 0 Å². The lowest BCUT2D eigenvalue weighted by Gasteiger charge is -2.05. The van der Waals surface area contributed by atoms with Crippen molar-refractivity contribution in [2.75, 3.05) is 0 Å². The maximum atomic E-state index is 6.02. The van der Waals surface area contributed by atoms with Crippen LogP contribution in [0.5, 0.6) is 0 Å². The Morgan fingerprint density at radius 2 is 2.12 bits per heavy atom. The molecule has 0 aliphatic carbocycles. The summed E-state index contributed by atoms with van der Waals surface area (Å²) in [6.07, 6.45) is 3.91. The van der Waals surface area contributed by atoms with E-state index in [1.54, 1.807) is 4.68 Å². The van der Waals surface area contributed by atoms with Crippen molar-refractivity contribution in [2.24, 2.45) is 5.73 Å². The third-order valence-electron chi connectivity index (χ3n) is 2.85. The Hall–Kier alpha value is -1.68. The van der Waals surface area contributed by atoms with Gasteiger partial charge in [-0.3, -0.25) is 0 Å². The molecule has 0 radical (unpaired) electrons. The smallest absolute Gasteiger partial charge is 0.0998 e. The van der Waals surface area contributed by atoms with Gasteiger partial charge < -0.3 is 5.73 Å². The Bertz CT molecular complexity index is 490. The molecule has 0 amide bonds. The first-order valence-corrected chi connectivity index (χ1v) is 5.96. The number of nitrogens with zero attached hydrogens (tertiary/aromatic N) is 3. The summed E-state index contributed by atoms with van der Waals surface area (Å²) in [4.78, 5) is 0. The van der Waals surface area contributed by atoms with Crippen LogP contribution in [0.15, 0.2) is 30.5 Å². The molecule has 4 nitrogen and oxygen atoms in total. The van der Waals surface area contributed by atoms with Crippen molar-refractivity contribution in [3.05, 3.63) is 41.7 Å². The average Bonchev–Trinajstić information content (AvgIpc) is 2.79. The first-order valence-electron chi connectivity index (χ1n) is 5.96. The lowest BCUT2D eigenvalue weighted by atomic mass is 10.1. The zero-order chi connectivity index (χ0) is 12.3. The Labute approximate surface area is 101 Å². The van der Waals surface area contributed by atoms with E-state index in [1.165, 1.54) is 5.56 Å². The fourth-order valence-electron chi connectivity index (χ4n) is 1.84. The van der Waals surface area contributed by atoms with Gasteiger partial charge in [0.05, 0.1) is 23.6 Å². The van der Waals surface area contributed by atoms with Crippen LogP contribution in [0.2, 0.25) is 0 Å².